The zero-order valence-electron chi connectivity index (χ0n) is 13.9. The molecule has 1 atom stereocenters. The van der Waals surface area contributed by atoms with Crippen molar-refractivity contribution in [3.8, 4) is 22.5 Å². The fourth-order valence-electron chi connectivity index (χ4n) is 2.37. The number of para-hydroxylation sites is 1. The Bertz CT molecular complexity index is 957. The number of thioether (sulfide) groups is 1. The van der Waals surface area contributed by atoms with Gasteiger partial charge in [-0.3, -0.25) is 9.36 Å². The summed E-state index contributed by atoms with van der Waals surface area (Å²) in [6.07, 6.45) is 0. The lowest BCUT2D eigenvalue weighted by molar-refractivity contribution is -0.117. The summed E-state index contributed by atoms with van der Waals surface area (Å²) in [5.74, 6) is -0.539. The van der Waals surface area contributed by atoms with Crippen molar-refractivity contribution < 1.29 is 4.79 Å². The molecule has 26 heavy (non-hydrogen) atoms. The third kappa shape index (κ3) is 3.74. The first-order chi connectivity index (χ1) is 12.6. The second-order valence-electron chi connectivity index (χ2n) is 5.45. The van der Waals surface area contributed by atoms with Crippen molar-refractivity contribution in [2.24, 2.45) is 5.92 Å². The van der Waals surface area contributed by atoms with Gasteiger partial charge in [0.25, 0.3) is 0 Å². The van der Waals surface area contributed by atoms with Crippen LogP contribution in [0.4, 0.5) is 0 Å². The van der Waals surface area contributed by atoms with Crippen LogP contribution < -0.4 is 0 Å². The van der Waals surface area contributed by atoms with Gasteiger partial charge in [0.15, 0.2) is 16.8 Å². The van der Waals surface area contributed by atoms with Crippen LogP contribution in [0.3, 0.4) is 0 Å². The summed E-state index contributed by atoms with van der Waals surface area (Å²) in [5, 5.41) is 27.7. The predicted octanol–water partition coefficient (Wildman–Crippen LogP) is 3.84. The van der Waals surface area contributed by atoms with E-state index < -0.39 is 5.92 Å². The average Bonchev–Trinajstić information content (AvgIpc) is 3.30. The van der Waals surface area contributed by atoms with Gasteiger partial charge >= 0.3 is 0 Å². The molecule has 130 valence electrons. The normalized spacial score (nSPS) is 11.7. The Balaban J connectivity index is 1.92. The van der Waals surface area contributed by atoms with Gasteiger partial charge in [0.05, 0.1) is 16.7 Å². The van der Waals surface area contributed by atoms with Crippen molar-refractivity contribution in [2.75, 3.05) is 5.75 Å². The maximum atomic E-state index is 12.2. The number of hydrogen-bond acceptors (Lipinski definition) is 7. The lowest BCUT2D eigenvalue weighted by Crippen LogP contribution is -2.21. The van der Waals surface area contributed by atoms with Gasteiger partial charge in [-0.25, -0.2) is 0 Å². The molecule has 6 nitrogen and oxygen atoms in total. The number of carbonyl (C=O) groups is 1. The van der Waals surface area contributed by atoms with E-state index in [9.17, 15) is 4.79 Å². The van der Waals surface area contributed by atoms with Gasteiger partial charge in [-0.2, -0.15) is 5.26 Å². The van der Waals surface area contributed by atoms with E-state index in [1.807, 2.05) is 58.5 Å². The molecule has 0 spiro atoms. The Hall–Kier alpha value is -2.76. The van der Waals surface area contributed by atoms with Gasteiger partial charge in [0, 0.05) is 11.4 Å². The number of carbonyl (C=O) groups excluding carboxylic acids is 1. The van der Waals surface area contributed by atoms with E-state index in [0.717, 1.165) is 10.6 Å². The standard InChI is InChI=1S/C18H15N5OS2/c1-12(20)14(10-19)15(24)11-26-18-22-21-17(16-8-5-9-25-16)23(18)13-6-3-2-4-7-13/h2-9,14,20H,11H2,1H3. The van der Waals surface area contributed by atoms with Crippen molar-refractivity contribution in [1.82, 2.24) is 14.8 Å². The molecular formula is C18H15N5OS2. The Morgan fingerprint density at radius 1 is 1.31 bits per heavy atom. The summed E-state index contributed by atoms with van der Waals surface area (Å²) in [4.78, 5) is 13.2. The van der Waals surface area contributed by atoms with E-state index in [2.05, 4.69) is 10.2 Å². The summed E-state index contributed by atoms with van der Waals surface area (Å²) >= 11 is 2.79. The van der Waals surface area contributed by atoms with Crippen LogP contribution in [0.25, 0.3) is 16.4 Å². The molecule has 3 rings (SSSR count). The van der Waals surface area contributed by atoms with Crippen LogP contribution in [0, 0.1) is 22.7 Å². The number of hydrogen-bond donors (Lipinski definition) is 1. The molecule has 2 heterocycles. The minimum absolute atomic E-state index is 0.0573. The van der Waals surface area contributed by atoms with Crippen molar-refractivity contribution in [1.29, 1.82) is 10.7 Å². The molecule has 1 aromatic carbocycles. The SMILES string of the molecule is CC(=N)C(C#N)C(=O)CSc1nnc(-c2cccs2)n1-c1ccccc1. The molecule has 0 saturated carbocycles. The molecule has 0 radical (unpaired) electrons. The third-order valence-electron chi connectivity index (χ3n) is 3.62. The molecule has 1 N–H and O–H groups in total. The number of thiophene rings is 1. The van der Waals surface area contributed by atoms with Gasteiger partial charge in [0.1, 0.15) is 5.92 Å². The first kappa shape index (κ1) is 18.0. The Kier molecular flexibility index (Phi) is 5.61. The van der Waals surface area contributed by atoms with Gasteiger partial charge in [-0.1, -0.05) is 36.0 Å². The molecule has 2 aromatic heterocycles. The number of nitrogens with one attached hydrogen (secondary N) is 1. The molecule has 0 amide bonds. The second-order valence-corrected chi connectivity index (χ2v) is 7.34. The summed E-state index contributed by atoms with van der Waals surface area (Å²) in [7, 11) is 0. The van der Waals surface area contributed by atoms with Gasteiger partial charge in [-0.15, -0.1) is 21.5 Å². The van der Waals surface area contributed by atoms with E-state index >= 15 is 0 Å². The molecule has 0 fully saturated rings. The van der Waals surface area contributed by atoms with Gasteiger partial charge in [-0.05, 0) is 30.5 Å². The van der Waals surface area contributed by atoms with E-state index in [0.29, 0.717) is 11.0 Å². The lowest BCUT2D eigenvalue weighted by atomic mass is 10.0. The van der Waals surface area contributed by atoms with Crippen LogP contribution in [0.15, 0.2) is 53.0 Å². The molecule has 0 aliphatic rings. The van der Waals surface area contributed by atoms with Crippen LogP contribution >= 0.6 is 23.1 Å². The summed E-state index contributed by atoms with van der Waals surface area (Å²) in [5.41, 5.74) is 0.956. The fraction of sp³-hybridized carbons (Fsp3) is 0.167. The molecule has 0 aliphatic heterocycles. The van der Waals surface area contributed by atoms with Crippen LogP contribution in [-0.2, 0) is 4.79 Å². The minimum atomic E-state index is -1.01. The van der Waals surface area contributed by atoms with Crippen LogP contribution in [-0.4, -0.2) is 32.0 Å². The molecule has 1 unspecified atom stereocenters. The number of nitrogens with zero attached hydrogens (tertiary/aromatic N) is 4. The maximum Gasteiger partial charge on any atom is 0.196 e. The molecule has 8 heteroatoms. The Labute approximate surface area is 159 Å². The number of aromatic nitrogens is 3. The summed E-state index contributed by atoms with van der Waals surface area (Å²) in [6.45, 7) is 1.47. The zero-order chi connectivity index (χ0) is 18.5. The second kappa shape index (κ2) is 8.08. The van der Waals surface area contributed by atoms with E-state index in [-0.39, 0.29) is 17.2 Å². The number of ketones is 1. The van der Waals surface area contributed by atoms with Crippen LogP contribution in [0.2, 0.25) is 0 Å². The number of rotatable bonds is 7. The Morgan fingerprint density at radius 2 is 2.08 bits per heavy atom. The number of benzene rings is 1. The lowest BCUT2D eigenvalue weighted by Gasteiger charge is -2.10. The number of nitriles is 1. The minimum Gasteiger partial charge on any atom is -0.308 e. The topological polar surface area (TPSA) is 95.4 Å². The van der Waals surface area contributed by atoms with Crippen LogP contribution in [0.1, 0.15) is 6.92 Å². The van der Waals surface area contributed by atoms with Gasteiger partial charge in [0.2, 0.25) is 0 Å². The maximum absolute atomic E-state index is 12.2. The first-order valence-corrected chi connectivity index (χ1v) is 9.63. The number of Topliss-reactive ketones (excluding diaryl/α,β-unsaturated/α-hetero) is 1. The van der Waals surface area contributed by atoms with E-state index in [1.165, 1.54) is 18.7 Å². The van der Waals surface area contributed by atoms with Crippen molar-refractivity contribution >= 4 is 34.6 Å². The highest BCUT2D eigenvalue weighted by atomic mass is 32.2. The summed E-state index contributed by atoms with van der Waals surface area (Å²) < 4.78 is 1.91. The van der Waals surface area contributed by atoms with Crippen molar-refractivity contribution in [3.05, 3.63) is 47.8 Å². The largest absolute Gasteiger partial charge is 0.308 e. The van der Waals surface area contributed by atoms with E-state index in [1.54, 1.807) is 11.3 Å². The monoisotopic (exact) mass is 381 g/mol. The third-order valence-corrected chi connectivity index (χ3v) is 5.43. The summed E-state index contributed by atoms with van der Waals surface area (Å²) in [6, 6.07) is 15.5. The molecule has 0 saturated heterocycles. The predicted molar refractivity (Wildman–Crippen MR) is 103 cm³/mol. The average molecular weight is 381 g/mol. The highest BCUT2D eigenvalue weighted by Crippen LogP contribution is 2.30. The highest BCUT2D eigenvalue weighted by molar-refractivity contribution is 7.99. The fourth-order valence-corrected chi connectivity index (χ4v) is 3.92. The van der Waals surface area contributed by atoms with E-state index in [4.69, 9.17) is 10.7 Å². The van der Waals surface area contributed by atoms with Crippen molar-refractivity contribution in [2.45, 2.75) is 12.1 Å². The first-order valence-electron chi connectivity index (χ1n) is 7.76. The molecular weight excluding hydrogens is 366 g/mol. The zero-order valence-corrected chi connectivity index (χ0v) is 15.5. The van der Waals surface area contributed by atoms with Crippen molar-refractivity contribution in [3.63, 3.8) is 0 Å². The van der Waals surface area contributed by atoms with Gasteiger partial charge < -0.3 is 5.41 Å². The Morgan fingerprint density at radius 3 is 2.69 bits per heavy atom. The molecule has 3 aromatic rings. The van der Waals surface area contributed by atoms with Crippen LogP contribution in [0.5, 0.6) is 0 Å². The quantitative estimate of drug-likeness (QED) is 0.495. The molecule has 0 aliphatic carbocycles. The smallest absolute Gasteiger partial charge is 0.196 e. The molecule has 0 bridgehead atoms. The highest BCUT2D eigenvalue weighted by Gasteiger charge is 2.22.